The van der Waals surface area contributed by atoms with E-state index < -0.39 is 5.72 Å². The number of hydrogen-bond donors (Lipinski definition) is 1. The van der Waals surface area contributed by atoms with Crippen LogP contribution in [0.3, 0.4) is 0 Å². The van der Waals surface area contributed by atoms with E-state index in [4.69, 9.17) is 27.9 Å². The van der Waals surface area contributed by atoms with E-state index >= 15 is 0 Å². The van der Waals surface area contributed by atoms with Crippen molar-refractivity contribution in [3.8, 4) is 0 Å². The molecular weight excluding hydrogens is 189 g/mol. The van der Waals surface area contributed by atoms with Gasteiger partial charge in [-0.25, -0.2) is 0 Å². The van der Waals surface area contributed by atoms with Crippen LogP contribution in [-0.4, -0.2) is 11.6 Å². The van der Waals surface area contributed by atoms with Crippen molar-refractivity contribution < 1.29 is 9.53 Å². The molecule has 5 heteroatoms. The molecule has 1 saturated heterocycles. The topological polar surface area (TPSA) is 38.3 Å². The first kappa shape index (κ1) is 8.68. The van der Waals surface area contributed by atoms with Crippen LogP contribution >= 0.6 is 23.2 Å². The summed E-state index contributed by atoms with van der Waals surface area (Å²) in [5, 5.41) is 2.54. The summed E-state index contributed by atoms with van der Waals surface area (Å²) >= 11 is 10.7. The third-order valence-electron chi connectivity index (χ3n) is 1.15. The van der Waals surface area contributed by atoms with Crippen LogP contribution in [0.15, 0.2) is 10.3 Å². The van der Waals surface area contributed by atoms with Crippen molar-refractivity contribution in [1.29, 1.82) is 0 Å². The van der Waals surface area contributed by atoms with E-state index in [0.717, 1.165) is 0 Å². The van der Waals surface area contributed by atoms with Crippen molar-refractivity contribution in [2.24, 2.45) is 0 Å². The van der Waals surface area contributed by atoms with Crippen LogP contribution in [0.25, 0.3) is 0 Å². The van der Waals surface area contributed by atoms with Gasteiger partial charge in [0.25, 0.3) is 5.91 Å². The number of hydrogen-bond acceptors (Lipinski definition) is 2. The van der Waals surface area contributed by atoms with Gasteiger partial charge in [0.15, 0.2) is 10.2 Å². The quantitative estimate of drug-likeness (QED) is 0.596. The van der Waals surface area contributed by atoms with Crippen molar-refractivity contribution in [2.45, 2.75) is 19.6 Å². The SMILES string of the molecule is CC1(C)NC(=O)C(=C(Cl)Cl)O1. The zero-order valence-corrected chi connectivity index (χ0v) is 7.58. The summed E-state index contributed by atoms with van der Waals surface area (Å²) in [4.78, 5) is 11.0. The monoisotopic (exact) mass is 195 g/mol. The van der Waals surface area contributed by atoms with E-state index in [1.54, 1.807) is 13.8 Å². The zero-order chi connectivity index (χ0) is 8.65. The molecule has 0 atom stereocenters. The highest BCUT2D eigenvalue weighted by Crippen LogP contribution is 2.25. The number of ether oxygens (including phenoxy) is 1. The van der Waals surface area contributed by atoms with E-state index in [1.165, 1.54) is 0 Å². The van der Waals surface area contributed by atoms with Gasteiger partial charge in [0, 0.05) is 0 Å². The minimum atomic E-state index is -0.707. The molecule has 0 saturated carbocycles. The molecule has 0 unspecified atom stereocenters. The lowest BCUT2D eigenvalue weighted by Crippen LogP contribution is -2.35. The lowest BCUT2D eigenvalue weighted by atomic mass is 10.3. The van der Waals surface area contributed by atoms with Gasteiger partial charge in [0.05, 0.1) is 0 Å². The van der Waals surface area contributed by atoms with Crippen LogP contribution < -0.4 is 5.32 Å². The fourth-order valence-corrected chi connectivity index (χ4v) is 1.03. The number of halogens is 2. The lowest BCUT2D eigenvalue weighted by Gasteiger charge is -2.15. The molecule has 11 heavy (non-hydrogen) atoms. The van der Waals surface area contributed by atoms with E-state index in [1.807, 2.05) is 0 Å². The third kappa shape index (κ3) is 1.79. The van der Waals surface area contributed by atoms with E-state index in [9.17, 15) is 4.79 Å². The van der Waals surface area contributed by atoms with Gasteiger partial charge in [-0.2, -0.15) is 0 Å². The summed E-state index contributed by atoms with van der Waals surface area (Å²) in [6, 6.07) is 0. The maximum atomic E-state index is 11.0. The Hall–Kier alpha value is -0.410. The van der Waals surface area contributed by atoms with Crippen molar-refractivity contribution >= 4 is 29.1 Å². The van der Waals surface area contributed by atoms with Crippen molar-refractivity contribution in [1.82, 2.24) is 5.32 Å². The second kappa shape index (κ2) is 2.57. The summed E-state index contributed by atoms with van der Waals surface area (Å²) in [5.41, 5.74) is -0.707. The molecule has 0 aromatic heterocycles. The predicted octanol–water partition coefficient (Wildman–Crippen LogP) is 1.52. The molecule has 0 radical (unpaired) electrons. The maximum Gasteiger partial charge on any atom is 0.292 e. The molecule has 1 aliphatic heterocycles. The van der Waals surface area contributed by atoms with Crippen LogP contribution in [0.5, 0.6) is 0 Å². The highest BCUT2D eigenvalue weighted by atomic mass is 35.5. The third-order valence-corrected chi connectivity index (χ3v) is 1.49. The van der Waals surface area contributed by atoms with Crippen molar-refractivity contribution in [3.05, 3.63) is 10.3 Å². The van der Waals surface area contributed by atoms with Gasteiger partial charge >= 0.3 is 0 Å². The second-order valence-corrected chi connectivity index (χ2v) is 3.61. The van der Waals surface area contributed by atoms with Crippen LogP contribution in [0.2, 0.25) is 0 Å². The van der Waals surface area contributed by atoms with Gasteiger partial charge in [-0.1, -0.05) is 23.2 Å². The first-order valence-corrected chi connectivity index (χ1v) is 3.75. The fraction of sp³-hybridized carbons (Fsp3) is 0.500. The molecule has 3 nitrogen and oxygen atoms in total. The number of nitrogens with one attached hydrogen (secondary N) is 1. The second-order valence-electron chi connectivity index (χ2n) is 2.66. The molecule has 0 aliphatic carbocycles. The largest absolute Gasteiger partial charge is 0.460 e. The Labute approximate surface area is 74.3 Å². The van der Waals surface area contributed by atoms with Gasteiger partial charge in [0.2, 0.25) is 5.76 Å². The molecule has 0 bridgehead atoms. The standard InChI is InChI=1S/C6H7Cl2NO2/c1-6(2)9-5(10)3(11-6)4(7)8/h1-2H3,(H,9,10). The molecule has 0 aromatic rings. The number of rotatable bonds is 0. The minimum absolute atomic E-state index is 0.0154. The van der Waals surface area contributed by atoms with Gasteiger partial charge in [0.1, 0.15) is 0 Å². The maximum absolute atomic E-state index is 11.0. The summed E-state index contributed by atoms with van der Waals surface area (Å²) in [6.45, 7) is 3.41. The lowest BCUT2D eigenvalue weighted by molar-refractivity contribution is -0.117. The van der Waals surface area contributed by atoms with Crippen molar-refractivity contribution in [3.63, 3.8) is 0 Å². The van der Waals surface area contributed by atoms with E-state index in [2.05, 4.69) is 5.32 Å². The van der Waals surface area contributed by atoms with Gasteiger partial charge in [-0.3, -0.25) is 4.79 Å². The Bertz CT molecular complexity index is 231. The van der Waals surface area contributed by atoms with Crippen molar-refractivity contribution in [2.75, 3.05) is 0 Å². The normalized spacial score (nSPS) is 21.1. The molecular formula is C6H7Cl2NO2. The molecule has 62 valence electrons. The highest BCUT2D eigenvalue weighted by molar-refractivity contribution is 6.57. The Kier molecular flexibility index (Phi) is 2.03. The summed E-state index contributed by atoms with van der Waals surface area (Å²) in [5.74, 6) is -0.395. The molecule has 0 aromatic carbocycles. The average Bonchev–Trinajstić information content (AvgIpc) is 2.05. The Balaban J connectivity index is 2.92. The summed E-state index contributed by atoms with van der Waals surface area (Å²) < 4.78 is 4.93. The average molecular weight is 196 g/mol. The van der Waals surface area contributed by atoms with Crippen LogP contribution in [0.4, 0.5) is 0 Å². The van der Waals surface area contributed by atoms with Crippen LogP contribution in [0, 0.1) is 0 Å². The Morgan fingerprint density at radius 3 is 2.27 bits per heavy atom. The molecule has 1 heterocycles. The number of carbonyl (C=O) groups is 1. The number of carbonyl (C=O) groups excluding carboxylic acids is 1. The van der Waals surface area contributed by atoms with E-state index in [-0.39, 0.29) is 16.2 Å². The summed E-state index contributed by atoms with van der Waals surface area (Å²) in [7, 11) is 0. The Morgan fingerprint density at radius 1 is 1.55 bits per heavy atom. The molecule has 1 amide bonds. The Morgan fingerprint density at radius 2 is 2.09 bits per heavy atom. The number of amides is 1. The van der Waals surface area contributed by atoms with Gasteiger partial charge in [-0.15, -0.1) is 0 Å². The van der Waals surface area contributed by atoms with Crippen LogP contribution in [0.1, 0.15) is 13.8 Å². The molecule has 1 N–H and O–H groups in total. The van der Waals surface area contributed by atoms with Crippen LogP contribution in [-0.2, 0) is 9.53 Å². The molecule has 1 fully saturated rings. The fourth-order valence-electron chi connectivity index (χ4n) is 0.782. The smallest absolute Gasteiger partial charge is 0.292 e. The highest BCUT2D eigenvalue weighted by Gasteiger charge is 2.36. The molecule has 0 spiro atoms. The molecule has 1 rings (SSSR count). The predicted molar refractivity (Wildman–Crippen MR) is 42.0 cm³/mol. The first-order chi connectivity index (χ1) is 4.92. The first-order valence-electron chi connectivity index (χ1n) is 2.99. The van der Waals surface area contributed by atoms with E-state index in [0.29, 0.717) is 0 Å². The zero-order valence-electron chi connectivity index (χ0n) is 6.07. The summed E-state index contributed by atoms with van der Waals surface area (Å²) in [6.07, 6.45) is 0. The van der Waals surface area contributed by atoms with Gasteiger partial charge < -0.3 is 10.1 Å². The molecule has 1 aliphatic rings. The van der Waals surface area contributed by atoms with Gasteiger partial charge in [-0.05, 0) is 13.8 Å². The minimum Gasteiger partial charge on any atom is -0.460 e.